The summed E-state index contributed by atoms with van der Waals surface area (Å²) in [5.74, 6) is -0.270. The third-order valence-electron chi connectivity index (χ3n) is 7.18. The van der Waals surface area contributed by atoms with Crippen LogP contribution < -0.4 is 5.32 Å². The molecule has 182 valence electrons. The molecule has 0 spiro atoms. The molecule has 2 aromatic carbocycles. The first-order chi connectivity index (χ1) is 16.4. The number of carbonyl (C=O) groups is 1. The van der Waals surface area contributed by atoms with Gasteiger partial charge in [0.05, 0.1) is 0 Å². The van der Waals surface area contributed by atoms with Crippen LogP contribution in [-0.2, 0) is 12.8 Å². The van der Waals surface area contributed by atoms with Crippen molar-refractivity contribution in [1.29, 1.82) is 5.41 Å². The van der Waals surface area contributed by atoms with Crippen LogP contribution >= 0.6 is 0 Å². The number of likely N-dealkylation sites (N-methyl/N-ethyl adjacent to an activating group) is 1. The molecule has 1 atom stereocenters. The molecule has 1 aliphatic carbocycles. The van der Waals surface area contributed by atoms with Crippen LogP contribution in [0.5, 0.6) is 0 Å². The molecule has 4 rings (SSSR count). The van der Waals surface area contributed by atoms with Gasteiger partial charge in [-0.15, -0.1) is 0 Å². The van der Waals surface area contributed by atoms with Crippen molar-refractivity contribution in [1.82, 2.24) is 14.7 Å². The third kappa shape index (κ3) is 6.02. The molecule has 1 heterocycles. The van der Waals surface area contributed by atoms with Crippen LogP contribution in [0.4, 0.5) is 14.9 Å². The van der Waals surface area contributed by atoms with E-state index in [0.29, 0.717) is 17.8 Å². The number of halogens is 1. The van der Waals surface area contributed by atoms with Gasteiger partial charge in [0.15, 0.2) is 0 Å². The maximum Gasteiger partial charge on any atom is 0.322 e. The lowest BCUT2D eigenvalue weighted by molar-refractivity contribution is 0.140. The van der Waals surface area contributed by atoms with Crippen LogP contribution in [0.15, 0.2) is 36.4 Å². The SMILES string of the molecule is Cc1cc(NC(=O)N(CCCN2CCN(C)CC2)C2CCc3ccc(C=N)cc3C2)ccc1F. The van der Waals surface area contributed by atoms with E-state index in [-0.39, 0.29) is 17.9 Å². The number of fused-ring (bicyclic) bond motifs is 1. The minimum Gasteiger partial charge on any atom is -0.321 e. The number of anilines is 1. The fourth-order valence-electron chi connectivity index (χ4n) is 5.02. The van der Waals surface area contributed by atoms with Crippen molar-refractivity contribution >= 4 is 17.9 Å². The Kier molecular flexibility index (Phi) is 7.95. The maximum atomic E-state index is 13.7. The molecule has 1 unspecified atom stereocenters. The van der Waals surface area contributed by atoms with Gasteiger partial charge in [-0.25, -0.2) is 9.18 Å². The lowest BCUT2D eigenvalue weighted by Gasteiger charge is -2.37. The van der Waals surface area contributed by atoms with Crippen LogP contribution in [-0.4, -0.2) is 79.3 Å². The fraction of sp³-hybridized carbons (Fsp3) is 0.481. The number of benzene rings is 2. The number of hydrogen-bond acceptors (Lipinski definition) is 4. The van der Waals surface area contributed by atoms with Gasteiger partial charge in [0.25, 0.3) is 0 Å². The molecule has 0 saturated carbocycles. The molecule has 6 nitrogen and oxygen atoms in total. The Balaban J connectivity index is 1.46. The lowest BCUT2D eigenvalue weighted by atomic mass is 9.86. The number of carbonyl (C=O) groups excluding carboxylic acids is 1. The highest BCUT2D eigenvalue weighted by molar-refractivity contribution is 5.89. The van der Waals surface area contributed by atoms with E-state index in [2.05, 4.69) is 34.3 Å². The quantitative estimate of drug-likeness (QED) is 0.604. The zero-order chi connectivity index (χ0) is 24.1. The van der Waals surface area contributed by atoms with E-state index in [1.165, 1.54) is 23.4 Å². The van der Waals surface area contributed by atoms with E-state index >= 15 is 0 Å². The molecule has 1 saturated heterocycles. The number of piperazine rings is 1. The van der Waals surface area contributed by atoms with E-state index in [0.717, 1.165) is 64.0 Å². The average Bonchev–Trinajstić information content (AvgIpc) is 2.84. The highest BCUT2D eigenvalue weighted by Crippen LogP contribution is 2.26. The molecular formula is C27H36FN5O. The lowest BCUT2D eigenvalue weighted by Crippen LogP contribution is -2.48. The second-order valence-electron chi connectivity index (χ2n) is 9.66. The van der Waals surface area contributed by atoms with E-state index in [4.69, 9.17) is 5.41 Å². The van der Waals surface area contributed by atoms with Gasteiger partial charge < -0.3 is 25.4 Å². The summed E-state index contributed by atoms with van der Waals surface area (Å²) in [6, 6.07) is 10.9. The molecule has 7 heteroatoms. The number of amides is 2. The molecule has 34 heavy (non-hydrogen) atoms. The predicted octanol–water partition coefficient (Wildman–Crippen LogP) is 4.16. The van der Waals surface area contributed by atoms with Crippen molar-refractivity contribution < 1.29 is 9.18 Å². The van der Waals surface area contributed by atoms with Gasteiger partial charge in [-0.3, -0.25) is 0 Å². The van der Waals surface area contributed by atoms with Crippen molar-refractivity contribution in [2.24, 2.45) is 0 Å². The summed E-state index contributed by atoms with van der Waals surface area (Å²) in [5, 5.41) is 10.6. The van der Waals surface area contributed by atoms with Crippen molar-refractivity contribution in [2.75, 3.05) is 51.6 Å². The predicted molar refractivity (Wildman–Crippen MR) is 136 cm³/mol. The van der Waals surface area contributed by atoms with Crippen LogP contribution in [0.1, 0.15) is 35.1 Å². The number of hydrogen-bond donors (Lipinski definition) is 2. The summed E-state index contributed by atoms with van der Waals surface area (Å²) >= 11 is 0. The minimum absolute atomic E-state index is 0.0996. The Bertz CT molecular complexity index is 1020. The number of urea groups is 1. The van der Waals surface area contributed by atoms with Gasteiger partial charge >= 0.3 is 6.03 Å². The van der Waals surface area contributed by atoms with Crippen LogP contribution in [0, 0.1) is 18.2 Å². The molecule has 1 fully saturated rings. The van der Waals surface area contributed by atoms with Gasteiger partial charge in [-0.1, -0.05) is 12.1 Å². The molecule has 1 aliphatic heterocycles. The number of nitrogens with zero attached hydrogens (tertiary/aromatic N) is 3. The van der Waals surface area contributed by atoms with Crippen molar-refractivity contribution in [3.05, 3.63) is 64.5 Å². The molecule has 0 bridgehead atoms. The van der Waals surface area contributed by atoms with Gasteiger partial charge in [-0.2, -0.15) is 0 Å². The first kappa shape index (κ1) is 24.4. The van der Waals surface area contributed by atoms with E-state index in [1.54, 1.807) is 19.1 Å². The van der Waals surface area contributed by atoms with Crippen LogP contribution in [0.3, 0.4) is 0 Å². The summed E-state index contributed by atoms with van der Waals surface area (Å²) < 4.78 is 13.7. The Morgan fingerprint density at radius 3 is 2.71 bits per heavy atom. The van der Waals surface area contributed by atoms with Crippen LogP contribution in [0.25, 0.3) is 0 Å². The highest BCUT2D eigenvalue weighted by atomic mass is 19.1. The Hall–Kier alpha value is -2.77. The topological polar surface area (TPSA) is 62.7 Å². The fourth-order valence-corrected chi connectivity index (χ4v) is 5.02. The van der Waals surface area contributed by atoms with Crippen LogP contribution in [0.2, 0.25) is 0 Å². The molecule has 2 N–H and O–H groups in total. The van der Waals surface area contributed by atoms with Crippen molar-refractivity contribution in [3.63, 3.8) is 0 Å². The average molecular weight is 466 g/mol. The normalized spacial score (nSPS) is 18.9. The zero-order valence-electron chi connectivity index (χ0n) is 20.3. The van der Waals surface area contributed by atoms with E-state index in [9.17, 15) is 9.18 Å². The molecule has 0 aromatic heterocycles. The van der Waals surface area contributed by atoms with Crippen molar-refractivity contribution in [2.45, 2.75) is 38.6 Å². The molecule has 0 radical (unpaired) electrons. The van der Waals surface area contributed by atoms with E-state index in [1.807, 2.05) is 11.0 Å². The standard InChI is InChI=1S/C27H36FN5O/c1-20-16-24(7-9-26(20)28)30-27(34)33(11-3-10-32-14-12-31(2)13-15-32)25-8-6-22-5-4-21(19-29)17-23(22)18-25/h4-5,7,9,16-17,19,25,29H,3,6,8,10-15,18H2,1-2H3,(H,30,34). The van der Waals surface area contributed by atoms with Crippen molar-refractivity contribution in [3.8, 4) is 0 Å². The molecule has 2 aromatic rings. The largest absolute Gasteiger partial charge is 0.322 e. The Morgan fingerprint density at radius 2 is 1.97 bits per heavy atom. The van der Waals surface area contributed by atoms with E-state index < -0.39 is 0 Å². The third-order valence-corrected chi connectivity index (χ3v) is 7.18. The monoisotopic (exact) mass is 465 g/mol. The van der Waals surface area contributed by atoms with Gasteiger partial charge in [-0.05, 0) is 92.7 Å². The van der Waals surface area contributed by atoms with Gasteiger partial charge in [0, 0.05) is 50.7 Å². The minimum atomic E-state index is -0.270. The summed E-state index contributed by atoms with van der Waals surface area (Å²) in [4.78, 5) is 20.2. The number of nitrogens with one attached hydrogen (secondary N) is 2. The number of aryl methyl sites for hydroxylation is 2. The summed E-state index contributed by atoms with van der Waals surface area (Å²) in [7, 11) is 2.16. The van der Waals surface area contributed by atoms with Gasteiger partial charge in [0.1, 0.15) is 5.82 Å². The molecule has 2 amide bonds. The first-order valence-electron chi connectivity index (χ1n) is 12.3. The Morgan fingerprint density at radius 1 is 1.18 bits per heavy atom. The Labute approximate surface area is 202 Å². The summed E-state index contributed by atoms with van der Waals surface area (Å²) in [5.41, 5.74) is 4.58. The number of rotatable bonds is 7. The smallest absolute Gasteiger partial charge is 0.321 e. The highest BCUT2D eigenvalue weighted by Gasteiger charge is 2.28. The maximum absolute atomic E-state index is 13.7. The first-order valence-corrected chi connectivity index (χ1v) is 12.3. The zero-order valence-corrected chi connectivity index (χ0v) is 20.3. The summed E-state index contributed by atoms with van der Waals surface area (Å²) in [6.45, 7) is 7.68. The second-order valence-corrected chi connectivity index (χ2v) is 9.66. The second kappa shape index (κ2) is 11.1. The van der Waals surface area contributed by atoms with Gasteiger partial charge in [0.2, 0.25) is 0 Å². The molecule has 2 aliphatic rings. The molecular weight excluding hydrogens is 429 g/mol. The summed E-state index contributed by atoms with van der Waals surface area (Å²) in [6.07, 6.45) is 4.93.